The van der Waals surface area contributed by atoms with Crippen molar-refractivity contribution in [1.29, 1.82) is 0 Å². The van der Waals surface area contributed by atoms with Crippen molar-refractivity contribution >= 4 is 28.3 Å². The van der Waals surface area contributed by atoms with E-state index in [1.54, 1.807) is 23.4 Å². The summed E-state index contributed by atoms with van der Waals surface area (Å²) >= 11 is 0. The van der Waals surface area contributed by atoms with Crippen LogP contribution in [0.25, 0.3) is 16.6 Å². The van der Waals surface area contributed by atoms with Crippen LogP contribution in [0.1, 0.15) is 58.7 Å². The Morgan fingerprint density at radius 2 is 2.00 bits per heavy atom. The number of likely N-dealkylation sites (tertiary alicyclic amines) is 1. The van der Waals surface area contributed by atoms with Crippen LogP contribution in [-0.2, 0) is 12.6 Å². The van der Waals surface area contributed by atoms with Gasteiger partial charge in [0.1, 0.15) is 23.1 Å². The fraction of sp³-hybridized carbons (Fsp3) is 0.385. The van der Waals surface area contributed by atoms with E-state index in [-0.39, 0.29) is 29.5 Å². The zero-order valence-corrected chi connectivity index (χ0v) is 19.9. The van der Waals surface area contributed by atoms with Crippen molar-refractivity contribution in [2.75, 3.05) is 12.3 Å². The highest BCUT2D eigenvalue weighted by Crippen LogP contribution is 2.46. The third-order valence-corrected chi connectivity index (χ3v) is 7.60. The topological polar surface area (TPSA) is 89.4 Å². The molecule has 6 rings (SSSR count). The van der Waals surface area contributed by atoms with Crippen molar-refractivity contribution in [3.05, 3.63) is 64.9 Å². The summed E-state index contributed by atoms with van der Waals surface area (Å²) in [5.41, 5.74) is 9.81. The number of imidazole rings is 1. The maximum atomic E-state index is 13.9. The van der Waals surface area contributed by atoms with Crippen LogP contribution in [0.15, 0.2) is 36.8 Å². The largest absolute Gasteiger partial charge is 0.416 e. The molecule has 7 nitrogen and oxygen atoms in total. The smallest absolute Gasteiger partial charge is 0.382 e. The Morgan fingerprint density at radius 3 is 2.78 bits per heavy atom. The number of benzene rings is 1. The van der Waals surface area contributed by atoms with Gasteiger partial charge in [-0.3, -0.25) is 9.20 Å². The Hall–Kier alpha value is -3.69. The third kappa shape index (κ3) is 3.50. The fourth-order valence-electron chi connectivity index (χ4n) is 6.05. The van der Waals surface area contributed by atoms with E-state index >= 15 is 0 Å². The number of carbonyl (C=O) groups is 1. The van der Waals surface area contributed by atoms with E-state index in [9.17, 15) is 18.0 Å². The van der Waals surface area contributed by atoms with Gasteiger partial charge in [0.05, 0.1) is 29.0 Å². The number of rotatable bonds is 1. The Bertz CT molecular complexity index is 1530. The summed E-state index contributed by atoms with van der Waals surface area (Å²) in [6, 6.07) is 5.35. The molecule has 2 N–H and O–H groups in total. The van der Waals surface area contributed by atoms with Crippen LogP contribution in [0.2, 0.25) is 0 Å². The quantitative estimate of drug-likeness (QED) is 0.404. The zero-order valence-electron chi connectivity index (χ0n) is 19.9. The molecule has 0 saturated carbocycles. The molecule has 1 aliphatic carbocycles. The van der Waals surface area contributed by atoms with E-state index in [2.05, 4.69) is 21.9 Å². The molecule has 0 unspecified atom stereocenters. The highest BCUT2D eigenvalue weighted by Gasteiger charge is 2.42. The van der Waals surface area contributed by atoms with Crippen LogP contribution in [0.3, 0.4) is 0 Å². The van der Waals surface area contributed by atoms with Gasteiger partial charge in [0.15, 0.2) is 5.82 Å². The number of hydrogen-bond acceptors (Lipinski definition) is 5. The minimum absolute atomic E-state index is 0.187. The van der Waals surface area contributed by atoms with Crippen molar-refractivity contribution in [2.45, 2.75) is 45.3 Å². The first-order valence-corrected chi connectivity index (χ1v) is 12.0. The molecule has 4 aromatic rings. The number of nitrogens with zero attached hydrogens (tertiary/aromatic N) is 5. The maximum absolute atomic E-state index is 13.9. The number of alkyl halides is 3. The summed E-state index contributed by atoms with van der Waals surface area (Å²) < 4.78 is 41.8. The van der Waals surface area contributed by atoms with Gasteiger partial charge in [-0.1, -0.05) is 13.0 Å². The summed E-state index contributed by atoms with van der Waals surface area (Å²) in [7, 11) is 0. The number of halogens is 3. The minimum atomic E-state index is -4.40. The van der Waals surface area contributed by atoms with Crippen molar-refractivity contribution < 1.29 is 18.0 Å². The van der Waals surface area contributed by atoms with E-state index in [1.807, 2.05) is 11.3 Å². The number of carbonyl (C=O) groups excluding carboxylic acids is 1. The molecule has 1 fully saturated rings. The molecule has 0 spiro atoms. The second-order valence-electron chi connectivity index (χ2n) is 10.1. The summed E-state index contributed by atoms with van der Waals surface area (Å²) in [6.45, 7) is 4.46. The van der Waals surface area contributed by atoms with Crippen LogP contribution < -0.4 is 5.73 Å². The molecule has 1 aromatic carbocycles. The third-order valence-electron chi connectivity index (χ3n) is 7.60. The number of nitrogens with two attached hydrogens (primary N) is 1. The Balaban J connectivity index is 1.43. The Morgan fingerprint density at radius 1 is 1.19 bits per heavy atom. The molecule has 0 bridgehead atoms. The van der Waals surface area contributed by atoms with Gasteiger partial charge in [0.2, 0.25) is 0 Å². The van der Waals surface area contributed by atoms with Gasteiger partial charge in [-0.2, -0.15) is 13.2 Å². The highest BCUT2D eigenvalue weighted by molar-refractivity contribution is 5.96. The van der Waals surface area contributed by atoms with Crippen LogP contribution in [0.4, 0.5) is 19.0 Å². The minimum Gasteiger partial charge on any atom is -0.382 e. The molecule has 3 atom stereocenters. The standard InChI is InChI=1S/C26H25F3N6O/c1-13-7-16-4-3-15-8-17(26(27,28)29)5-6-18(15)23(16)34(11-13)25(36)19-9-21-20(10-31-19)33-24(30)22-14(2)32-12-35(21)22/h5-6,8-10,12-13,16,23H,3-4,7,11H2,1-2H3,(H2,30,33)/t13-,16+,23-/m1/s1. The molecule has 186 valence electrons. The highest BCUT2D eigenvalue weighted by atomic mass is 19.4. The predicted octanol–water partition coefficient (Wildman–Crippen LogP) is 4.97. The van der Waals surface area contributed by atoms with E-state index < -0.39 is 11.7 Å². The predicted molar refractivity (Wildman–Crippen MR) is 128 cm³/mol. The SMILES string of the molecule is Cc1ncn2c1c(N)nc1cnc(C(=O)N3C[C@H](C)C[C@@H]4CCc5cc(C(F)(F)F)ccc5[C@@H]43)cc12. The summed E-state index contributed by atoms with van der Waals surface area (Å²) in [6.07, 6.45) is 1.03. The van der Waals surface area contributed by atoms with Crippen molar-refractivity contribution in [3.8, 4) is 0 Å². The number of aromatic nitrogens is 4. The Labute approximate surface area is 205 Å². The van der Waals surface area contributed by atoms with Gasteiger partial charge in [-0.05, 0) is 67.3 Å². The summed E-state index contributed by atoms with van der Waals surface area (Å²) in [5, 5.41) is 0. The monoisotopic (exact) mass is 494 g/mol. The van der Waals surface area contributed by atoms with Gasteiger partial charge >= 0.3 is 6.18 Å². The number of aryl methyl sites for hydroxylation is 2. The first kappa shape index (κ1) is 22.8. The van der Waals surface area contributed by atoms with Gasteiger partial charge in [0, 0.05) is 6.54 Å². The van der Waals surface area contributed by atoms with Gasteiger partial charge in [-0.25, -0.2) is 15.0 Å². The van der Waals surface area contributed by atoms with Gasteiger partial charge in [-0.15, -0.1) is 0 Å². The van der Waals surface area contributed by atoms with Crippen molar-refractivity contribution in [3.63, 3.8) is 0 Å². The van der Waals surface area contributed by atoms with E-state index in [0.717, 1.165) is 30.2 Å². The normalized spacial score (nSPS) is 22.0. The molecule has 36 heavy (non-hydrogen) atoms. The number of nitrogen functional groups attached to an aromatic ring is 1. The average molecular weight is 495 g/mol. The molecule has 3 aromatic heterocycles. The molecule has 4 heterocycles. The number of piperidine rings is 1. The number of anilines is 1. The van der Waals surface area contributed by atoms with Gasteiger partial charge in [0.25, 0.3) is 5.91 Å². The molecular formula is C26H25F3N6O. The van der Waals surface area contributed by atoms with E-state index in [1.165, 1.54) is 12.3 Å². The lowest BCUT2D eigenvalue weighted by Gasteiger charge is -2.47. The van der Waals surface area contributed by atoms with Crippen molar-refractivity contribution in [1.82, 2.24) is 24.3 Å². The average Bonchev–Trinajstić information content (AvgIpc) is 3.24. The van der Waals surface area contributed by atoms with E-state index in [4.69, 9.17) is 5.73 Å². The second-order valence-corrected chi connectivity index (χ2v) is 10.1. The molecular weight excluding hydrogens is 469 g/mol. The number of pyridine rings is 1. The lowest BCUT2D eigenvalue weighted by molar-refractivity contribution is -0.137. The van der Waals surface area contributed by atoms with Crippen LogP contribution in [0.5, 0.6) is 0 Å². The number of fused-ring (bicyclic) bond motifs is 6. The molecule has 1 saturated heterocycles. The number of hydrogen-bond donors (Lipinski definition) is 1. The van der Waals surface area contributed by atoms with E-state index in [0.29, 0.717) is 40.9 Å². The Kier molecular flexibility index (Phi) is 5.00. The number of amides is 1. The van der Waals surface area contributed by atoms with Crippen LogP contribution in [0, 0.1) is 18.8 Å². The molecule has 1 amide bonds. The molecule has 2 aliphatic rings. The zero-order chi connectivity index (χ0) is 25.4. The molecule has 1 aliphatic heterocycles. The lowest BCUT2D eigenvalue weighted by atomic mass is 9.72. The summed E-state index contributed by atoms with van der Waals surface area (Å²) in [4.78, 5) is 28.9. The maximum Gasteiger partial charge on any atom is 0.416 e. The van der Waals surface area contributed by atoms with Crippen molar-refractivity contribution in [2.24, 2.45) is 11.8 Å². The second kappa shape index (κ2) is 7.91. The van der Waals surface area contributed by atoms with Crippen LogP contribution in [-0.4, -0.2) is 36.7 Å². The molecule has 10 heteroatoms. The lowest BCUT2D eigenvalue weighted by Crippen LogP contribution is -2.47. The fourth-order valence-corrected chi connectivity index (χ4v) is 6.05. The molecule has 0 radical (unpaired) electrons. The first-order valence-electron chi connectivity index (χ1n) is 12.0. The van der Waals surface area contributed by atoms with Crippen LogP contribution >= 0.6 is 0 Å². The first-order chi connectivity index (χ1) is 17.1. The summed E-state index contributed by atoms with van der Waals surface area (Å²) in [5.74, 6) is 0.555. The van der Waals surface area contributed by atoms with Gasteiger partial charge < -0.3 is 10.6 Å².